The van der Waals surface area contributed by atoms with Gasteiger partial charge in [-0.15, -0.1) is 24.0 Å². The predicted molar refractivity (Wildman–Crippen MR) is 138 cm³/mol. The largest absolute Gasteiger partial charge is 0.494 e. The predicted octanol–water partition coefficient (Wildman–Crippen LogP) is 4.41. The Morgan fingerprint density at radius 2 is 1.84 bits per heavy atom. The summed E-state index contributed by atoms with van der Waals surface area (Å²) in [5, 5.41) is 9.63. The molecule has 170 valence electrons. The molecule has 0 heterocycles. The van der Waals surface area contributed by atoms with Crippen LogP contribution in [0.1, 0.15) is 54.2 Å². The van der Waals surface area contributed by atoms with Crippen molar-refractivity contribution < 1.29 is 9.53 Å². The Bertz CT molecular complexity index is 870. The molecule has 0 bridgehead atoms. The highest BCUT2D eigenvalue weighted by Crippen LogP contribution is 2.20. The van der Waals surface area contributed by atoms with Crippen molar-refractivity contribution >= 4 is 35.8 Å². The summed E-state index contributed by atoms with van der Waals surface area (Å²) >= 11 is 0. The Morgan fingerprint density at radius 1 is 1.10 bits per heavy atom. The second-order valence-corrected chi connectivity index (χ2v) is 7.31. The van der Waals surface area contributed by atoms with Crippen LogP contribution in [0.2, 0.25) is 0 Å². The number of rotatable bonds is 9. The van der Waals surface area contributed by atoms with E-state index < -0.39 is 0 Å². The number of amides is 1. The highest BCUT2D eigenvalue weighted by atomic mass is 127. The van der Waals surface area contributed by atoms with Gasteiger partial charge in [-0.05, 0) is 56.5 Å². The summed E-state index contributed by atoms with van der Waals surface area (Å²) in [6, 6.07) is 14.0. The van der Waals surface area contributed by atoms with Gasteiger partial charge in [0.05, 0.1) is 6.61 Å². The molecule has 6 nitrogen and oxygen atoms in total. The van der Waals surface area contributed by atoms with E-state index in [4.69, 9.17) is 4.74 Å². The third-order valence-corrected chi connectivity index (χ3v) is 4.83. The molecule has 31 heavy (non-hydrogen) atoms. The van der Waals surface area contributed by atoms with Crippen LogP contribution in [0.4, 0.5) is 0 Å². The molecule has 0 radical (unpaired) electrons. The van der Waals surface area contributed by atoms with E-state index in [1.807, 2.05) is 44.2 Å². The van der Waals surface area contributed by atoms with E-state index in [0.717, 1.165) is 23.3 Å². The Labute approximate surface area is 203 Å². The zero-order chi connectivity index (χ0) is 21.9. The lowest BCUT2D eigenvalue weighted by atomic mass is 10.1. The fraction of sp³-hybridized carbons (Fsp3) is 0.417. The Kier molecular flexibility index (Phi) is 12.0. The zero-order valence-corrected chi connectivity index (χ0v) is 21.4. The highest BCUT2D eigenvalue weighted by Gasteiger charge is 2.09. The molecule has 0 spiro atoms. The quantitative estimate of drug-likeness (QED) is 0.251. The van der Waals surface area contributed by atoms with E-state index in [9.17, 15) is 4.79 Å². The minimum atomic E-state index is -0.0449. The molecule has 0 saturated carbocycles. The molecular formula is C24H35IN4O2. The minimum absolute atomic E-state index is 0. The molecule has 0 aliphatic carbocycles. The van der Waals surface area contributed by atoms with Gasteiger partial charge in [0, 0.05) is 37.3 Å². The maximum absolute atomic E-state index is 12.3. The third kappa shape index (κ3) is 8.77. The van der Waals surface area contributed by atoms with Crippen LogP contribution in [0.25, 0.3) is 0 Å². The number of hydrogen-bond acceptors (Lipinski definition) is 3. The normalized spacial score (nSPS) is 11.8. The van der Waals surface area contributed by atoms with Gasteiger partial charge in [0.1, 0.15) is 5.75 Å². The lowest BCUT2D eigenvalue weighted by molar-refractivity contribution is 0.0939. The maximum Gasteiger partial charge on any atom is 0.251 e. The Balaban J connectivity index is 0.00000480. The van der Waals surface area contributed by atoms with Gasteiger partial charge in [-0.2, -0.15) is 0 Å². The first kappa shape index (κ1) is 26.7. The Hall–Kier alpha value is -2.29. The molecule has 1 atom stereocenters. The lowest BCUT2D eigenvalue weighted by Gasteiger charge is -2.15. The van der Waals surface area contributed by atoms with E-state index in [2.05, 4.69) is 46.9 Å². The molecule has 7 heteroatoms. The van der Waals surface area contributed by atoms with Crippen molar-refractivity contribution in [2.24, 2.45) is 4.99 Å². The van der Waals surface area contributed by atoms with Crippen LogP contribution in [-0.2, 0) is 13.1 Å². The molecule has 0 aliphatic heterocycles. The first-order valence-electron chi connectivity index (χ1n) is 10.5. The summed E-state index contributed by atoms with van der Waals surface area (Å²) in [4.78, 5) is 16.6. The van der Waals surface area contributed by atoms with Crippen LogP contribution in [-0.4, -0.2) is 31.6 Å². The number of benzene rings is 2. The monoisotopic (exact) mass is 538 g/mol. The molecule has 0 saturated heterocycles. The van der Waals surface area contributed by atoms with Crippen LogP contribution in [0.5, 0.6) is 5.75 Å². The average Bonchev–Trinajstić information content (AvgIpc) is 2.75. The molecule has 0 aliphatic rings. The first-order valence-corrected chi connectivity index (χ1v) is 10.5. The fourth-order valence-electron chi connectivity index (χ4n) is 2.91. The number of aliphatic imine (C=N–C) groups is 1. The van der Waals surface area contributed by atoms with E-state index in [1.165, 1.54) is 5.56 Å². The van der Waals surface area contributed by atoms with Crippen molar-refractivity contribution in [3.63, 3.8) is 0 Å². The number of carbonyl (C=O) groups is 1. The van der Waals surface area contributed by atoms with Crippen molar-refractivity contribution in [3.05, 3.63) is 64.7 Å². The van der Waals surface area contributed by atoms with Crippen LogP contribution in [0, 0.1) is 6.92 Å². The van der Waals surface area contributed by atoms with Crippen molar-refractivity contribution in [2.45, 2.75) is 53.2 Å². The van der Waals surface area contributed by atoms with Crippen LogP contribution in [0.3, 0.4) is 0 Å². The second kappa shape index (κ2) is 13.9. The van der Waals surface area contributed by atoms with Gasteiger partial charge in [0.15, 0.2) is 5.96 Å². The first-order chi connectivity index (χ1) is 14.5. The van der Waals surface area contributed by atoms with Crippen molar-refractivity contribution in [1.29, 1.82) is 0 Å². The molecule has 2 aromatic rings. The number of guanidine groups is 1. The summed E-state index contributed by atoms with van der Waals surface area (Å²) in [6.45, 7) is 9.89. The molecule has 3 N–H and O–H groups in total. The number of hydrogen-bond donors (Lipinski definition) is 3. The van der Waals surface area contributed by atoms with Gasteiger partial charge in [0.2, 0.25) is 0 Å². The van der Waals surface area contributed by atoms with Gasteiger partial charge < -0.3 is 20.7 Å². The van der Waals surface area contributed by atoms with Gasteiger partial charge in [-0.3, -0.25) is 9.79 Å². The second-order valence-electron chi connectivity index (χ2n) is 7.31. The molecule has 2 rings (SSSR count). The van der Waals surface area contributed by atoms with Crippen molar-refractivity contribution in [1.82, 2.24) is 16.0 Å². The number of nitrogens with zero attached hydrogens (tertiary/aromatic N) is 1. The molecule has 1 amide bonds. The molecular weight excluding hydrogens is 503 g/mol. The summed E-state index contributed by atoms with van der Waals surface area (Å²) < 4.78 is 5.75. The summed E-state index contributed by atoms with van der Waals surface area (Å²) in [7, 11) is 1.74. The van der Waals surface area contributed by atoms with Crippen LogP contribution >= 0.6 is 24.0 Å². The third-order valence-electron chi connectivity index (χ3n) is 4.83. The van der Waals surface area contributed by atoms with E-state index >= 15 is 0 Å². The van der Waals surface area contributed by atoms with Gasteiger partial charge in [-0.1, -0.05) is 31.2 Å². The Morgan fingerprint density at radius 3 is 2.52 bits per heavy atom. The van der Waals surface area contributed by atoms with Crippen molar-refractivity contribution in [2.75, 3.05) is 13.7 Å². The van der Waals surface area contributed by atoms with E-state index in [1.54, 1.807) is 7.05 Å². The summed E-state index contributed by atoms with van der Waals surface area (Å²) in [5.41, 5.74) is 3.93. The maximum atomic E-state index is 12.3. The van der Waals surface area contributed by atoms with E-state index in [0.29, 0.717) is 31.2 Å². The number of aryl methyl sites for hydroxylation is 1. The molecule has 0 fully saturated rings. The number of halogens is 1. The van der Waals surface area contributed by atoms with E-state index in [-0.39, 0.29) is 35.9 Å². The van der Waals surface area contributed by atoms with Crippen LogP contribution < -0.4 is 20.7 Å². The topological polar surface area (TPSA) is 74.8 Å². The summed E-state index contributed by atoms with van der Waals surface area (Å²) in [5.74, 6) is 1.53. The van der Waals surface area contributed by atoms with Crippen molar-refractivity contribution in [3.8, 4) is 5.75 Å². The van der Waals surface area contributed by atoms with Crippen LogP contribution in [0.15, 0.2) is 47.5 Å². The SMILES string of the molecule is CCOc1cc(C)ccc1CNC(=NC)NCc1cccc(C(=O)NC(C)CC)c1.I. The molecule has 1 unspecified atom stereocenters. The van der Waals surface area contributed by atoms with Gasteiger partial charge in [0.25, 0.3) is 5.91 Å². The standard InChI is InChI=1S/C24H34N4O2.HI/c1-6-18(4)28-23(29)20-10-8-9-19(14-20)15-26-24(25-5)27-16-21-12-11-17(3)13-22(21)30-7-2;/h8-14,18H,6-7,15-16H2,1-5H3,(H,28,29)(H2,25,26,27);1H. The number of carbonyl (C=O) groups excluding carboxylic acids is 1. The lowest BCUT2D eigenvalue weighted by Crippen LogP contribution is -2.36. The van der Waals surface area contributed by atoms with Gasteiger partial charge in [-0.25, -0.2) is 0 Å². The number of ether oxygens (including phenoxy) is 1. The molecule has 0 aromatic heterocycles. The minimum Gasteiger partial charge on any atom is -0.494 e. The van der Waals surface area contributed by atoms with Gasteiger partial charge >= 0.3 is 0 Å². The fourth-order valence-corrected chi connectivity index (χ4v) is 2.91. The highest BCUT2D eigenvalue weighted by molar-refractivity contribution is 14.0. The zero-order valence-electron chi connectivity index (χ0n) is 19.1. The number of nitrogens with one attached hydrogen (secondary N) is 3. The molecule has 2 aromatic carbocycles. The smallest absolute Gasteiger partial charge is 0.251 e. The average molecular weight is 538 g/mol. The summed E-state index contributed by atoms with van der Waals surface area (Å²) in [6.07, 6.45) is 0.904.